The lowest BCUT2D eigenvalue weighted by atomic mass is 10.1. The summed E-state index contributed by atoms with van der Waals surface area (Å²) < 4.78 is 25.3. The molecule has 0 radical (unpaired) electrons. The third kappa shape index (κ3) is 4.93. The van der Waals surface area contributed by atoms with Crippen LogP contribution in [0.1, 0.15) is 25.7 Å². The molecule has 2 N–H and O–H groups in total. The van der Waals surface area contributed by atoms with E-state index in [4.69, 9.17) is 5.73 Å². The van der Waals surface area contributed by atoms with Crippen LogP contribution in [0.15, 0.2) is 59.5 Å². The molecule has 0 bridgehead atoms. The van der Waals surface area contributed by atoms with Crippen molar-refractivity contribution in [2.75, 3.05) is 5.75 Å². The summed E-state index contributed by atoms with van der Waals surface area (Å²) in [5, 5.41) is 0. The molecule has 0 atom stereocenters. The van der Waals surface area contributed by atoms with Gasteiger partial charge in [-0.2, -0.15) is 0 Å². The third-order valence-corrected chi connectivity index (χ3v) is 5.50. The zero-order valence-electron chi connectivity index (χ0n) is 12.9. The number of rotatable bonds is 8. The number of carbonyl (C=O) groups is 1. The molecular formula is C18H21NO3S. The van der Waals surface area contributed by atoms with Gasteiger partial charge in [0.1, 0.15) is 0 Å². The lowest BCUT2D eigenvalue weighted by Crippen LogP contribution is -2.11. The lowest BCUT2D eigenvalue weighted by Gasteiger charge is -2.10. The summed E-state index contributed by atoms with van der Waals surface area (Å²) in [4.78, 5) is 11.0. The molecule has 0 aliphatic carbocycles. The van der Waals surface area contributed by atoms with Gasteiger partial charge in [0.2, 0.25) is 5.91 Å². The van der Waals surface area contributed by atoms with Gasteiger partial charge in [-0.05, 0) is 24.5 Å². The van der Waals surface area contributed by atoms with Crippen LogP contribution in [-0.4, -0.2) is 20.1 Å². The number of benzene rings is 2. The van der Waals surface area contributed by atoms with Gasteiger partial charge < -0.3 is 5.73 Å². The van der Waals surface area contributed by atoms with E-state index in [2.05, 4.69) is 0 Å². The van der Waals surface area contributed by atoms with Gasteiger partial charge in [-0.15, -0.1) is 0 Å². The van der Waals surface area contributed by atoms with Crippen LogP contribution in [0.25, 0.3) is 11.1 Å². The summed E-state index contributed by atoms with van der Waals surface area (Å²) in [7, 11) is -3.36. The maximum absolute atomic E-state index is 12.6. The SMILES string of the molecule is NC(=O)CCCCCS(=O)(=O)c1ccccc1-c1ccccc1. The van der Waals surface area contributed by atoms with Crippen LogP contribution in [0.4, 0.5) is 0 Å². The molecule has 0 saturated carbocycles. The number of primary amides is 1. The Morgan fingerprint density at radius 1 is 0.870 bits per heavy atom. The Labute approximate surface area is 137 Å². The average molecular weight is 331 g/mol. The van der Waals surface area contributed by atoms with Crippen LogP contribution < -0.4 is 5.73 Å². The molecule has 23 heavy (non-hydrogen) atoms. The molecule has 0 aliphatic rings. The average Bonchev–Trinajstić information content (AvgIpc) is 2.55. The summed E-state index contributed by atoms with van der Waals surface area (Å²) in [5.41, 5.74) is 6.69. The van der Waals surface area contributed by atoms with Crippen LogP contribution in [-0.2, 0) is 14.6 Å². The van der Waals surface area contributed by atoms with E-state index in [1.165, 1.54) is 0 Å². The predicted molar refractivity (Wildman–Crippen MR) is 91.6 cm³/mol. The first kappa shape index (κ1) is 17.2. The zero-order chi connectivity index (χ0) is 16.7. The number of sulfone groups is 1. The highest BCUT2D eigenvalue weighted by Gasteiger charge is 2.18. The largest absolute Gasteiger partial charge is 0.370 e. The van der Waals surface area contributed by atoms with Gasteiger partial charge >= 0.3 is 0 Å². The minimum atomic E-state index is -3.36. The Morgan fingerprint density at radius 3 is 2.22 bits per heavy atom. The minimum absolute atomic E-state index is 0.0790. The molecule has 122 valence electrons. The molecule has 0 aromatic heterocycles. The van der Waals surface area contributed by atoms with E-state index in [0.29, 0.717) is 30.6 Å². The van der Waals surface area contributed by atoms with Crippen molar-refractivity contribution < 1.29 is 13.2 Å². The lowest BCUT2D eigenvalue weighted by molar-refractivity contribution is -0.118. The second-order valence-corrected chi connectivity index (χ2v) is 7.54. The van der Waals surface area contributed by atoms with Gasteiger partial charge in [-0.1, -0.05) is 55.0 Å². The smallest absolute Gasteiger partial charge is 0.217 e. The van der Waals surface area contributed by atoms with Gasteiger partial charge in [0.05, 0.1) is 10.6 Å². The quantitative estimate of drug-likeness (QED) is 0.755. The molecule has 0 saturated heterocycles. The number of amides is 1. The molecule has 2 aromatic carbocycles. The number of nitrogens with two attached hydrogens (primary N) is 1. The first-order chi connectivity index (χ1) is 11.0. The number of hydrogen-bond donors (Lipinski definition) is 1. The summed E-state index contributed by atoms with van der Waals surface area (Å²) >= 11 is 0. The van der Waals surface area contributed by atoms with Crippen LogP contribution in [0.3, 0.4) is 0 Å². The Hall–Kier alpha value is -2.14. The van der Waals surface area contributed by atoms with Crippen molar-refractivity contribution in [2.24, 2.45) is 5.73 Å². The molecule has 0 aliphatic heterocycles. The van der Waals surface area contributed by atoms with Crippen molar-refractivity contribution in [1.82, 2.24) is 0 Å². The van der Waals surface area contributed by atoms with E-state index >= 15 is 0 Å². The fraction of sp³-hybridized carbons (Fsp3) is 0.278. The number of carbonyl (C=O) groups excluding carboxylic acids is 1. The topological polar surface area (TPSA) is 77.2 Å². The van der Waals surface area contributed by atoms with Crippen molar-refractivity contribution in [3.63, 3.8) is 0 Å². The molecule has 5 heteroatoms. The molecule has 0 unspecified atom stereocenters. The summed E-state index contributed by atoms with van der Waals surface area (Å²) in [6.07, 6.45) is 2.14. The first-order valence-electron chi connectivity index (χ1n) is 7.66. The highest BCUT2D eigenvalue weighted by molar-refractivity contribution is 7.91. The minimum Gasteiger partial charge on any atom is -0.370 e. The van der Waals surface area contributed by atoms with Crippen LogP contribution >= 0.6 is 0 Å². The second kappa shape index (κ2) is 7.92. The van der Waals surface area contributed by atoms with E-state index in [-0.39, 0.29) is 11.7 Å². The molecule has 4 nitrogen and oxygen atoms in total. The monoisotopic (exact) mass is 331 g/mol. The summed E-state index contributed by atoms with van der Waals surface area (Å²) in [5.74, 6) is -0.266. The first-order valence-corrected chi connectivity index (χ1v) is 9.31. The van der Waals surface area contributed by atoms with Crippen molar-refractivity contribution in [1.29, 1.82) is 0 Å². The third-order valence-electron chi connectivity index (χ3n) is 3.64. The zero-order valence-corrected chi connectivity index (χ0v) is 13.8. The molecule has 0 fully saturated rings. The Balaban J connectivity index is 2.13. The standard InChI is InChI=1S/C18H21NO3S/c19-18(20)13-5-2-8-14-23(21,22)17-12-7-6-11-16(17)15-9-3-1-4-10-15/h1,3-4,6-7,9-12H,2,5,8,13-14H2,(H2,19,20). The normalized spacial score (nSPS) is 11.3. The Morgan fingerprint density at radius 2 is 1.52 bits per heavy atom. The molecular weight excluding hydrogens is 310 g/mol. The second-order valence-electron chi connectivity index (χ2n) is 5.46. The van der Waals surface area contributed by atoms with E-state index in [9.17, 15) is 13.2 Å². The van der Waals surface area contributed by atoms with Gasteiger partial charge in [-0.3, -0.25) is 4.79 Å². The van der Waals surface area contributed by atoms with E-state index < -0.39 is 9.84 Å². The van der Waals surface area contributed by atoms with E-state index in [1.54, 1.807) is 12.1 Å². The highest BCUT2D eigenvalue weighted by atomic mass is 32.2. The van der Waals surface area contributed by atoms with Gasteiger partial charge in [0.25, 0.3) is 0 Å². The van der Waals surface area contributed by atoms with E-state index in [1.807, 2.05) is 42.5 Å². The molecule has 2 rings (SSSR count). The molecule has 2 aromatic rings. The van der Waals surface area contributed by atoms with Crippen LogP contribution in [0.2, 0.25) is 0 Å². The van der Waals surface area contributed by atoms with Crippen molar-refractivity contribution in [3.05, 3.63) is 54.6 Å². The number of unbranched alkanes of at least 4 members (excludes halogenated alkanes) is 2. The fourth-order valence-electron chi connectivity index (χ4n) is 2.47. The maximum atomic E-state index is 12.6. The summed E-state index contributed by atoms with van der Waals surface area (Å²) in [6.45, 7) is 0. The van der Waals surface area contributed by atoms with Crippen molar-refractivity contribution in [2.45, 2.75) is 30.6 Å². The van der Waals surface area contributed by atoms with Gasteiger partial charge in [-0.25, -0.2) is 8.42 Å². The van der Waals surface area contributed by atoms with Crippen LogP contribution in [0.5, 0.6) is 0 Å². The van der Waals surface area contributed by atoms with Crippen molar-refractivity contribution in [3.8, 4) is 11.1 Å². The van der Waals surface area contributed by atoms with Crippen molar-refractivity contribution >= 4 is 15.7 Å². The van der Waals surface area contributed by atoms with Gasteiger partial charge in [0, 0.05) is 12.0 Å². The number of hydrogen-bond acceptors (Lipinski definition) is 3. The predicted octanol–water partition coefficient (Wildman–Crippen LogP) is 3.17. The molecule has 0 heterocycles. The van der Waals surface area contributed by atoms with Crippen LogP contribution in [0, 0.1) is 0 Å². The highest BCUT2D eigenvalue weighted by Crippen LogP contribution is 2.28. The Bertz CT molecular complexity index is 755. The summed E-state index contributed by atoms with van der Waals surface area (Å²) in [6, 6.07) is 16.6. The van der Waals surface area contributed by atoms with Gasteiger partial charge in [0.15, 0.2) is 9.84 Å². The maximum Gasteiger partial charge on any atom is 0.217 e. The molecule has 0 spiro atoms. The fourth-order valence-corrected chi connectivity index (χ4v) is 4.08. The van der Waals surface area contributed by atoms with E-state index in [0.717, 1.165) is 11.1 Å². The molecule has 1 amide bonds. The Kier molecular flexibility index (Phi) is 5.93.